The Hall–Kier alpha value is -1.00. The fraction of sp³-hybridized carbons (Fsp3) is 0.533. The fourth-order valence-electron chi connectivity index (χ4n) is 2.42. The van der Waals surface area contributed by atoms with Crippen LogP contribution in [0, 0.1) is 5.92 Å². The van der Waals surface area contributed by atoms with Crippen LogP contribution in [-0.4, -0.2) is 36.2 Å². The first-order valence-electron chi connectivity index (χ1n) is 6.93. The van der Waals surface area contributed by atoms with Crippen molar-refractivity contribution < 1.29 is 4.79 Å². The van der Waals surface area contributed by atoms with E-state index in [0.29, 0.717) is 18.2 Å². The zero-order chi connectivity index (χ0) is 13.5. The normalized spacial score (nSPS) is 19.1. The van der Waals surface area contributed by atoms with Crippen molar-refractivity contribution in [2.75, 3.05) is 25.4 Å². The molecule has 0 bridgehead atoms. The number of benzene rings is 1. The van der Waals surface area contributed by atoms with E-state index in [1.54, 1.807) is 0 Å². The summed E-state index contributed by atoms with van der Waals surface area (Å²) in [5, 5.41) is 3.41. The Morgan fingerprint density at radius 3 is 2.79 bits per heavy atom. The monoisotopic (exact) mass is 278 g/mol. The van der Waals surface area contributed by atoms with Crippen molar-refractivity contribution in [3.63, 3.8) is 0 Å². The Kier molecular flexibility index (Phi) is 5.73. The Labute approximate surface area is 120 Å². The summed E-state index contributed by atoms with van der Waals surface area (Å²) in [6.07, 6.45) is 1.69. The maximum Gasteiger partial charge on any atom is 0.222 e. The average molecular weight is 278 g/mol. The Morgan fingerprint density at radius 2 is 2.11 bits per heavy atom. The Morgan fingerprint density at radius 1 is 1.32 bits per heavy atom. The molecule has 2 rings (SSSR count). The van der Waals surface area contributed by atoms with Crippen molar-refractivity contribution in [1.82, 2.24) is 10.2 Å². The molecule has 1 N–H and O–H groups in total. The zero-order valence-electron chi connectivity index (χ0n) is 11.2. The van der Waals surface area contributed by atoms with Crippen LogP contribution in [0.4, 0.5) is 0 Å². The molecule has 1 aromatic carbocycles. The lowest BCUT2D eigenvalue weighted by Gasteiger charge is -2.16. The molecule has 1 heterocycles. The summed E-state index contributed by atoms with van der Waals surface area (Å²) in [4.78, 5) is 13.7. The highest BCUT2D eigenvalue weighted by molar-refractivity contribution is 7.80. The molecule has 1 aromatic rings. The highest BCUT2D eigenvalue weighted by Gasteiger charge is 2.27. The van der Waals surface area contributed by atoms with Gasteiger partial charge in [0.25, 0.3) is 0 Å². The van der Waals surface area contributed by atoms with E-state index in [0.717, 1.165) is 38.4 Å². The number of carbonyl (C=O) groups is 1. The summed E-state index contributed by atoms with van der Waals surface area (Å²) >= 11 is 4.27. The van der Waals surface area contributed by atoms with Crippen LogP contribution in [0.3, 0.4) is 0 Å². The molecule has 0 aromatic heterocycles. The molecule has 1 amide bonds. The standard InChI is InChI=1S/C15H22N2OS/c18-15-9-14(12-19)11-17(15)8-4-7-16-10-13-5-2-1-3-6-13/h1-3,5-6,14,16,19H,4,7-12H2. The minimum absolute atomic E-state index is 0.294. The van der Waals surface area contributed by atoms with Gasteiger partial charge in [0.2, 0.25) is 5.91 Å². The van der Waals surface area contributed by atoms with Gasteiger partial charge in [0.1, 0.15) is 0 Å². The molecule has 0 spiro atoms. The van der Waals surface area contributed by atoms with Gasteiger partial charge in [-0.15, -0.1) is 0 Å². The SMILES string of the molecule is O=C1CC(CS)CN1CCCNCc1ccccc1. The molecular weight excluding hydrogens is 256 g/mol. The van der Waals surface area contributed by atoms with Crippen LogP contribution < -0.4 is 5.32 Å². The summed E-state index contributed by atoms with van der Waals surface area (Å²) in [6.45, 7) is 3.60. The lowest BCUT2D eigenvalue weighted by atomic mass is 10.1. The van der Waals surface area contributed by atoms with E-state index in [4.69, 9.17) is 0 Å². The molecule has 0 radical (unpaired) electrons. The first-order chi connectivity index (χ1) is 9.29. The number of nitrogens with zero attached hydrogens (tertiary/aromatic N) is 1. The molecular formula is C15H22N2OS. The van der Waals surface area contributed by atoms with Crippen molar-refractivity contribution in [2.45, 2.75) is 19.4 Å². The van der Waals surface area contributed by atoms with Crippen LogP contribution in [0.25, 0.3) is 0 Å². The predicted molar refractivity (Wildman–Crippen MR) is 81.3 cm³/mol. The van der Waals surface area contributed by atoms with E-state index < -0.39 is 0 Å². The number of thiol groups is 1. The van der Waals surface area contributed by atoms with Crippen LogP contribution in [-0.2, 0) is 11.3 Å². The topological polar surface area (TPSA) is 32.3 Å². The molecule has 1 aliphatic heterocycles. The molecule has 1 fully saturated rings. The van der Waals surface area contributed by atoms with Crippen molar-refractivity contribution >= 4 is 18.5 Å². The predicted octanol–water partition coefficient (Wildman–Crippen LogP) is 1.94. The van der Waals surface area contributed by atoms with Gasteiger partial charge in [-0.05, 0) is 30.2 Å². The largest absolute Gasteiger partial charge is 0.342 e. The first-order valence-corrected chi connectivity index (χ1v) is 7.56. The number of rotatable bonds is 7. The molecule has 3 nitrogen and oxygen atoms in total. The third-order valence-corrected chi connectivity index (χ3v) is 4.02. The minimum atomic E-state index is 0.294. The first kappa shape index (κ1) is 14.4. The zero-order valence-corrected chi connectivity index (χ0v) is 12.1. The van der Waals surface area contributed by atoms with Crippen LogP contribution >= 0.6 is 12.6 Å². The van der Waals surface area contributed by atoms with Gasteiger partial charge in [0.05, 0.1) is 0 Å². The second-order valence-corrected chi connectivity index (χ2v) is 5.47. The highest BCUT2D eigenvalue weighted by atomic mass is 32.1. The second-order valence-electron chi connectivity index (χ2n) is 5.11. The van der Waals surface area contributed by atoms with Crippen molar-refractivity contribution in [3.05, 3.63) is 35.9 Å². The van der Waals surface area contributed by atoms with E-state index in [2.05, 4.69) is 42.2 Å². The van der Waals surface area contributed by atoms with Gasteiger partial charge in [-0.1, -0.05) is 30.3 Å². The molecule has 0 saturated carbocycles. The molecule has 4 heteroatoms. The van der Waals surface area contributed by atoms with Crippen molar-refractivity contribution in [2.24, 2.45) is 5.92 Å². The van der Waals surface area contributed by atoms with Crippen LogP contribution in [0.1, 0.15) is 18.4 Å². The van der Waals surface area contributed by atoms with E-state index in [-0.39, 0.29) is 0 Å². The summed E-state index contributed by atoms with van der Waals surface area (Å²) in [6, 6.07) is 10.4. The van der Waals surface area contributed by atoms with Gasteiger partial charge >= 0.3 is 0 Å². The molecule has 19 heavy (non-hydrogen) atoms. The Bertz CT molecular complexity index is 396. The highest BCUT2D eigenvalue weighted by Crippen LogP contribution is 2.18. The number of nitrogens with one attached hydrogen (secondary N) is 1. The number of likely N-dealkylation sites (tertiary alicyclic amines) is 1. The lowest BCUT2D eigenvalue weighted by molar-refractivity contribution is -0.127. The molecule has 1 saturated heterocycles. The van der Waals surface area contributed by atoms with Gasteiger partial charge in [-0.25, -0.2) is 0 Å². The van der Waals surface area contributed by atoms with Gasteiger partial charge in [0, 0.05) is 26.1 Å². The summed E-state index contributed by atoms with van der Waals surface area (Å²) in [7, 11) is 0. The second kappa shape index (κ2) is 7.56. The average Bonchev–Trinajstić information content (AvgIpc) is 2.80. The van der Waals surface area contributed by atoms with Gasteiger partial charge < -0.3 is 10.2 Å². The van der Waals surface area contributed by atoms with Gasteiger partial charge in [-0.3, -0.25) is 4.79 Å². The third-order valence-electron chi connectivity index (χ3n) is 3.51. The van der Waals surface area contributed by atoms with E-state index in [9.17, 15) is 4.79 Å². The molecule has 1 atom stereocenters. The van der Waals surface area contributed by atoms with Crippen LogP contribution in [0.2, 0.25) is 0 Å². The van der Waals surface area contributed by atoms with Crippen LogP contribution in [0.5, 0.6) is 0 Å². The quantitative estimate of drug-likeness (QED) is 0.590. The molecule has 1 aliphatic rings. The number of hydrogen-bond donors (Lipinski definition) is 2. The Balaban J connectivity index is 1.58. The smallest absolute Gasteiger partial charge is 0.222 e. The summed E-state index contributed by atoms with van der Waals surface area (Å²) in [5.74, 6) is 1.56. The summed E-state index contributed by atoms with van der Waals surface area (Å²) < 4.78 is 0. The molecule has 1 unspecified atom stereocenters. The minimum Gasteiger partial charge on any atom is -0.342 e. The lowest BCUT2D eigenvalue weighted by Crippen LogP contribution is -2.29. The number of hydrogen-bond acceptors (Lipinski definition) is 3. The molecule has 0 aliphatic carbocycles. The van der Waals surface area contributed by atoms with Crippen molar-refractivity contribution in [1.29, 1.82) is 0 Å². The third kappa shape index (κ3) is 4.55. The maximum absolute atomic E-state index is 11.7. The van der Waals surface area contributed by atoms with E-state index in [1.165, 1.54) is 5.56 Å². The van der Waals surface area contributed by atoms with E-state index in [1.807, 2.05) is 11.0 Å². The molecule has 104 valence electrons. The maximum atomic E-state index is 11.7. The van der Waals surface area contributed by atoms with Crippen molar-refractivity contribution in [3.8, 4) is 0 Å². The number of amides is 1. The van der Waals surface area contributed by atoms with Gasteiger partial charge in [-0.2, -0.15) is 12.6 Å². The van der Waals surface area contributed by atoms with Crippen LogP contribution in [0.15, 0.2) is 30.3 Å². The summed E-state index contributed by atoms with van der Waals surface area (Å²) in [5.41, 5.74) is 1.30. The fourth-order valence-corrected chi connectivity index (χ4v) is 2.66. The van der Waals surface area contributed by atoms with Gasteiger partial charge in [0.15, 0.2) is 0 Å². The number of carbonyl (C=O) groups excluding carboxylic acids is 1. The van der Waals surface area contributed by atoms with E-state index >= 15 is 0 Å².